The fourth-order valence-corrected chi connectivity index (χ4v) is 7.24. The third kappa shape index (κ3) is 16.9. The quantitative estimate of drug-likeness (QED) is 0.0842. The minimum atomic E-state index is -1.59. The van der Waals surface area contributed by atoms with Gasteiger partial charge in [-0.05, 0) is 60.2 Å². The Kier molecular flexibility index (Phi) is 27.2. The summed E-state index contributed by atoms with van der Waals surface area (Å²) in [4.78, 5) is 0. The van der Waals surface area contributed by atoms with Gasteiger partial charge in [0, 0.05) is 17.4 Å². The van der Waals surface area contributed by atoms with E-state index in [1.54, 1.807) is 0 Å². The van der Waals surface area contributed by atoms with Crippen molar-refractivity contribution in [3.63, 3.8) is 0 Å². The summed E-state index contributed by atoms with van der Waals surface area (Å²) in [6, 6.07) is 60.8. The van der Waals surface area contributed by atoms with Crippen LogP contribution in [0.1, 0.15) is 0 Å². The molecule has 248 valence electrons. The van der Waals surface area contributed by atoms with Crippen LogP contribution >= 0.6 is 16.5 Å². The second-order valence-electron chi connectivity index (χ2n) is 8.78. The number of benzene rings is 6. The van der Waals surface area contributed by atoms with Crippen molar-refractivity contribution < 1.29 is 49.5 Å². The number of hydrogen-bond donors (Lipinski definition) is 0. The number of rotatable bonds is 9. The zero-order valence-electron chi connectivity index (χ0n) is 26.5. The molecule has 0 radical (unpaired) electrons. The van der Waals surface area contributed by atoms with E-state index in [4.69, 9.17) is 32.2 Å². The maximum absolute atomic E-state index is 7.50. The summed E-state index contributed by atoms with van der Waals surface area (Å²) in [5.74, 6) is 2.13. The topological polar surface area (TPSA) is 107 Å². The van der Waals surface area contributed by atoms with Crippen molar-refractivity contribution in [3.05, 3.63) is 209 Å². The van der Waals surface area contributed by atoms with Gasteiger partial charge >= 0.3 is 53.8 Å². The van der Waals surface area contributed by atoms with Crippen molar-refractivity contribution in [2.75, 3.05) is 0 Å². The van der Waals surface area contributed by atoms with Crippen LogP contribution in [-0.2, 0) is 36.0 Å². The molecule has 6 aromatic carbocycles. The smallest absolute Gasteiger partial charge is 0.409 e. The van der Waals surface area contributed by atoms with Crippen molar-refractivity contribution >= 4 is 32.4 Å². The normalized spacial score (nSPS) is 8.68. The first-order chi connectivity index (χ1) is 24.3. The minimum Gasteiger partial charge on any atom is -0.409 e. The van der Waals surface area contributed by atoms with Crippen molar-refractivity contribution in [1.29, 1.82) is 0 Å². The molecule has 0 aliphatic rings. The molecule has 7 nitrogen and oxygen atoms in total. The molecule has 0 bridgehead atoms. The Hall–Kier alpha value is -4.93. The predicted octanol–water partition coefficient (Wildman–Crippen LogP) is 8.74. The molecule has 0 atom stereocenters. The molecular weight excluding hydrogens is 706 g/mol. The van der Waals surface area contributed by atoms with Gasteiger partial charge in [-0.1, -0.05) is 146 Å². The van der Waals surface area contributed by atoms with Gasteiger partial charge in [-0.15, -0.1) is 0 Å². The minimum absolute atomic E-state index is 0. The van der Waals surface area contributed by atoms with Crippen LogP contribution in [-0.4, -0.2) is 0 Å². The van der Waals surface area contributed by atoms with Gasteiger partial charge in [0.15, 0.2) is 0 Å². The summed E-state index contributed by atoms with van der Waals surface area (Å²) in [7, 11) is -2.04. The van der Waals surface area contributed by atoms with Crippen LogP contribution in [0, 0.1) is 26.6 Å². The zero-order valence-corrected chi connectivity index (χ0v) is 29.5. The van der Waals surface area contributed by atoms with Gasteiger partial charge in [-0.3, -0.25) is 0 Å². The summed E-state index contributed by atoms with van der Waals surface area (Å²) in [6.45, 7) is 18.0. The Balaban J connectivity index is 0.000000793. The van der Waals surface area contributed by atoms with Crippen molar-refractivity contribution in [2.24, 2.45) is 0 Å². The van der Waals surface area contributed by atoms with E-state index in [0.717, 1.165) is 0 Å². The molecule has 6 aromatic rings. The molecule has 0 heterocycles. The Morgan fingerprint density at radius 1 is 0.300 bits per heavy atom. The van der Waals surface area contributed by atoms with Crippen molar-refractivity contribution in [1.82, 2.24) is 0 Å². The van der Waals surface area contributed by atoms with Crippen LogP contribution in [0.4, 0.5) is 0 Å². The third-order valence-corrected chi connectivity index (χ3v) is 9.34. The van der Waals surface area contributed by atoms with Crippen LogP contribution in [0.15, 0.2) is 182 Å². The summed E-state index contributed by atoms with van der Waals surface area (Å²) in [5.41, 5.74) is 0. The Labute approximate surface area is 306 Å². The van der Waals surface area contributed by atoms with Crippen LogP contribution in [0.5, 0.6) is 17.2 Å². The SMILES string of the molecule is [C-]#[O+].[C-]#[O+].[C-]#[O+].[C-]#[O+].[Cr].c1ccc(OP(Oc2ccccc2)Oc2ccccc2)cc1.c1ccc(P(c2ccccc2)c2ccccc2)cc1. The van der Waals surface area contributed by atoms with Gasteiger partial charge in [-0.2, -0.15) is 0 Å². The monoisotopic (exact) mass is 736 g/mol. The van der Waals surface area contributed by atoms with E-state index in [9.17, 15) is 0 Å². The second-order valence-corrected chi connectivity index (χ2v) is 12.0. The number of para-hydroxylation sites is 3. The summed E-state index contributed by atoms with van der Waals surface area (Å²) in [5, 5.41) is 4.19. The Morgan fingerprint density at radius 3 is 0.680 bits per heavy atom. The standard InChI is InChI=1S/C18H15O3P.C18H15P.4CO.Cr/c1-4-10-16(11-5-1)19-22(20-17-12-6-2-7-13-17)21-18-14-8-3-9-15-18;1-4-10-16(11-5-1)19(17-12-6-2-7-13-17)18-14-8-3-9-15-18;4*1-2;/h1-15H;1-15H;;;;;. The molecule has 0 saturated heterocycles. The van der Waals surface area contributed by atoms with Crippen molar-refractivity contribution in [3.8, 4) is 17.2 Å². The maximum Gasteiger partial charge on any atom is 0.530 e. The van der Waals surface area contributed by atoms with Gasteiger partial charge in [0.25, 0.3) is 0 Å². The van der Waals surface area contributed by atoms with Gasteiger partial charge < -0.3 is 13.6 Å². The molecular formula is C40H30CrO7P2. The third-order valence-electron chi connectivity index (χ3n) is 5.81. The zero-order chi connectivity index (χ0) is 36.0. The first-order valence-electron chi connectivity index (χ1n) is 14.1. The largest absolute Gasteiger partial charge is 0.530 e. The molecule has 10 heteroatoms. The molecule has 0 aromatic heterocycles. The predicted molar refractivity (Wildman–Crippen MR) is 189 cm³/mol. The fraction of sp³-hybridized carbons (Fsp3) is 0. The average molecular weight is 737 g/mol. The van der Waals surface area contributed by atoms with E-state index in [2.05, 4.69) is 118 Å². The van der Waals surface area contributed by atoms with E-state index < -0.39 is 16.5 Å². The van der Waals surface area contributed by atoms with E-state index in [-0.39, 0.29) is 17.4 Å². The van der Waals surface area contributed by atoms with Gasteiger partial charge in [-0.25, -0.2) is 0 Å². The summed E-state index contributed by atoms with van der Waals surface area (Å²) in [6.07, 6.45) is 0. The molecule has 0 aliphatic carbocycles. The fourth-order valence-electron chi connectivity index (χ4n) is 3.94. The molecule has 6 rings (SSSR count). The van der Waals surface area contributed by atoms with E-state index in [1.165, 1.54) is 15.9 Å². The molecule has 0 aliphatic heterocycles. The molecule has 0 saturated carbocycles. The Morgan fingerprint density at radius 2 is 0.480 bits per heavy atom. The van der Waals surface area contributed by atoms with Gasteiger partial charge in [0.05, 0.1) is 0 Å². The van der Waals surface area contributed by atoms with Crippen LogP contribution in [0.25, 0.3) is 0 Å². The van der Waals surface area contributed by atoms with E-state index in [1.807, 2.05) is 91.0 Å². The van der Waals surface area contributed by atoms with Gasteiger partial charge in [0.1, 0.15) is 17.2 Å². The van der Waals surface area contributed by atoms with Crippen molar-refractivity contribution in [2.45, 2.75) is 0 Å². The van der Waals surface area contributed by atoms with Crippen LogP contribution in [0.3, 0.4) is 0 Å². The molecule has 50 heavy (non-hydrogen) atoms. The molecule has 0 spiro atoms. The molecule has 0 amide bonds. The first kappa shape index (κ1) is 45.1. The van der Waals surface area contributed by atoms with Crippen LogP contribution in [0.2, 0.25) is 0 Å². The Bertz CT molecular complexity index is 1530. The first-order valence-corrected chi connectivity index (χ1v) is 16.5. The van der Waals surface area contributed by atoms with Crippen LogP contribution < -0.4 is 29.5 Å². The second kappa shape index (κ2) is 30.2. The summed E-state index contributed by atoms with van der Waals surface area (Å²) < 4.78 is 47.5. The van der Waals surface area contributed by atoms with E-state index >= 15 is 0 Å². The number of hydrogen-bond acceptors (Lipinski definition) is 3. The summed E-state index contributed by atoms with van der Waals surface area (Å²) >= 11 is 0. The molecule has 0 unspecified atom stereocenters. The maximum atomic E-state index is 7.50. The molecule has 0 N–H and O–H groups in total. The molecule has 0 fully saturated rings. The van der Waals surface area contributed by atoms with Gasteiger partial charge in [0.2, 0.25) is 0 Å². The average Bonchev–Trinajstić information content (AvgIpc) is 3.21. The van der Waals surface area contributed by atoms with E-state index in [0.29, 0.717) is 17.2 Å².